The van der Waals surface area contributed by atoms with Gasteiger partial charge in [-0.3, -0.25) is 0 Å². The molecule has 0 spiro atoms. The normalized spacial score (nSPS) is 24.6. The van der Waals surface area contributed by atoms with E-state index in [9.17, 15) is 0 Å². The number of aromatic nitrogens is 1. The zero-order valence-electron chi connectivity index (χ0n) is 9.95. The van der Waals surface area contributed by atoms with E-state index in [0.29, 0.717) is 5.92 Å². The molecule has 3 heteroatoms. The van der Waals surface area contributed by atoms with Crippen molar-refractivity contribution >= 4 is 5.82 Å². The lowest BCUT2D eigenvalue weighted by molar-refractivity contribution is 0.414. The lowest BCUT2D eigenvalue weighted by Crippen LogP contribution is -2.24. The van der Waals surface area contributed by atoms with E-state index in [0.717, 1.165) is 24.8 Å². The van der Waals surface area contributed by atoms with Crippen LogP contribution >= 0.6 is 0 Å². The molecule has 0 saturated heterocycles. The molecule has 88 valence electrons. The first-order valence-corrected chi connectivity index (χ1v) is 6.17. The van der Waals surface area contributed by atoms with Crippen molar-refractivity contribution in [3.05, 3.63) is 23.9 Å². The van der Waals surface area contributed by atoms with Gasteiger partial charge in [0.05, 0.1) is 0 Å². The Balaban J connectivity index is 1.90. The Morgan fingerprint density at radius 2 is 2.25 bits per heavy atom. The van der Waals surface area contributed by atoms with E-state index in [1.54, 1.807) is 0 Å². The molecule has 1 heterocycles. The summed E-state index contributed by atoms with van der Waals surface area (Å²) in [6.45, 7) is 3.93. The monoisotopic (exact) mass is 219 g/mol. The van der Waals surface area contributed by atoms with Crippen molar-refractivity contribution in [3.8, 4) is 0 Å². The molecule has 0 amide bonds. The van der Waals surface area contributed by atoms with Gasteiger partial charge < -0.3 is 11.1 Å². The fraction of sp³-hybridized carbons (Fsp3) is 0.615. The molecular formula is C13H21N3. The van der Waals surface area contributed by atoms with E-state index in [1.165, 1.54) is 24.8 Å². The number of nitrogens with one attached hydrogen (secondary N) is 1. The van der Waals surface area contributed by atoms with Gasteiger partial charge in [0.1, 0.15) is 5.82 Å². The number of nitrogens with zero attached hydrogens (tertiary/aromatic N) is 1. The van der Waals surface area contributed by atoms with Gasteiger partial charge in [0.15, 0.2) is 0 Å². The van der Waals surface area contributed by atoms with Gasteiger partial charge in [0.2, 0.25) is 0 Å². The Labute approximate surface area is 97.5 Å². The van der Waals surface area contributed by atoms with Gasteiger partial charge in [-0.2, -0.15) is 0 Å². The predicted octanol–water partition coefficient (Wildman–Crippen LogP) is 2.18. The summed E-state index contributed by atoms with van der Waals surface area (Å²) in [7, 11) is 0. The van der Waals surface area contributed by atoms with E-state index in [2.05, 4.69) is 23.3 Å². The lowest BCUT2D eigenvalue weighted by atomic mass is 9.96. The van der Waals surface area contributed by atoms with Gasteiger partial charge in [-0.25, -0.2) is 4.98 Å². The van der Waals surface area contributed by atoms with Crippen molar-refractivity contribution in [1.82, 2.24) is 4.98 Å². The molecule has 2 rings (SSSR count). The number of aryl methyl sites for hydroxylation is 1. The number of nitrogens with two attached hydrogens (primary N) is 1. The summed E-state index contributed by atoms with van der Waals surface area (Å²) in [6.07, 6.45) is 5.77. The molecule has 3 nitrogen and oxygen atoms in total. The van der Waals surface area contributed by atoms with Crippen molar-refractivity contribution in [2.24, 2.45) is 17.6 Å². The minimum absolute atomic E-state index is 0.705. The predicted molar refractivity (Wildman–Crippen MR) is 67.3 cm³/mol. The van der Waals surface area contributed by atoms with E-state index < -0.39 is 0 Å². The smallest absolute Gasteiger partial charge is 0.128 e. The zero-order chi connectivity index (χ0) is 11.4. The standard InChI is InChI=1S/C13H21N3/c1-10-4-3-7-15-13(10)16-9-12-6-2-5-11(12)8-14/h3-4,7,11-12H,2,5-6,8-9,14H2,1H3,(H,15,16). The van der Waals surface area contributed by atoms with E-state index in [1.807, 2.05) is 12.3 Å². The average molecular weight is 219 g/mol. The SMILES string of the molecule is Cc1cccnc1NCC1CCCC1CN. The minimum Gasteiger partial charge on any atom is -0.370 e. The molecule has 1 aromatic rings. The second-order valence-electron chi connectivity index (χ2n) is 4.74. The highest BCUT2D eigenvalue weighted by Gasteiger charge is 2.25. The Bertz CT molecular complexity index is 338. The van der Waals surface area contributed by atoms with E-state index >= 15 is 0 Å². The van der Waals surface area contributed by atoms with Gasteiger partial charge in [-0.1, -0.05) is 12.5 Å². The molecule has 1 fully saturated rings. The summed E-state index contributed by atoms with van der Waals surface area (Å²) in [5.41, 5.74) is 6.99. The topological polar surface area (TPSA) is 50.9 Å². The third kappa shape index (κ3) is 2.53. The zero-order valence-corrected chi connectivity index (χ0v) is 9.95. The summed E-state index contributed by atoms with van der Waals surface area (Å²) < 4.78 is 0. The lowest BCUT2D eigenvalue weighted by Gasteiger charge is -2.19. The molecule has 1 aliphatic carbocycles. The number of hydrogen-bond donors (Lipinski definition) is 2. The largest absolute Gasteiger partial charge is 0.370 e. The highest BCUT2D eigenvalue weighted by molar-refractivity contribution is 5.42. The fourth-order valence-electron chi connectivity index (χ4n) is 2.59. The molecular weight excluding hydrogens is 198 g/mol. The average Bonchev–Trinajstić information content (AvgIpc) is 2.75. The third-order valence-electron chi connectivity index (χ3n) is 3.66. The summed E-state index contributed by atoms with van der Waals surface area (Å²) in [5.74, 6) is 2.45. The maximum absolute atomic E-state index is 5.78. The van der Waals surface area contributed by atoms with Crippen molar-refractivity contribution in [2.45, 2.75) is 26.2 Å². The molecule has 0 bridgehead atoms. The summed E-state index contributed by atoms with van der Waals surface area (Å²) in [6, 6.07) is 4.06. The van der Waals surface area contributed by atoms with Crippen LogP contribution in [-0.4, -0.2) is 18.1 Å². The number of pyridine rings is 1. The van der Waals surface area contributed by atoms with Gasteiger partial charge >= 0.3 is 0 Å². The maximum atomic E-state index is 5.78. The van der Waals surface area contributed by atoms with Crippen LogP contribution < -0.4 is 11.1 Å². The van der Waals surface area contributed by atoms with Crippen molar-refractivity contribution in [1.29, 1.82) is 0 Å². The first-order chi connectivity index (χ1) is 7.81. The summed E-state index contributed by atoms with van der Waals surface area (Å²) in [4.78, 5) is 4.35. The number of hydrogen-bond acceptors (Lipinski definition) is 3. The Kier molecular flexibility index (Phi) is 3.78. The van der Waals surface area contributed by atoms with Gasteiger partial charge in [-0.05, 0) is 49.8 Å². The van der Waals surface area contributed by atoms with Gasteiger partial charge in [0.25, 0.3) is 0 Å². The van der Waals surface area contributed by atoms with Crippen LogP contribution in [0.2, 0.25) is 0 Å². The second kappa shape index (κ2) is 5.30. The maximum Gasteiger partial charge on any atom is 0.128 e. The molecule has 1 saturated carbocycles. The number of rotatable bonds is 4. The molecule has 0 aromatic carbocycles. The minimum atomic E-state index is 0.705. The Morgan fingerprint density at radius 1 is 1.44 bits per heavy atom. The molecule has 3 N–H and O–H groups in total. The van der Waals surface area contributed by atoms with E-state index in [-0.39, 0.29) is 0 Å². The quantitative estimate of drug-likeness (QED) is 0.816. The molecule has 1 aliphatic rings. The van der Waals surface area contributed by atoms with Gasteiger partial charge in [-0.15, -0.1) is 0 Å². The molecule has 0 radical (unpaired) electrons. The Hall–Kier alpha value is -1.09. The van der Waals surface area contributed by atoms with Crippen LogP contribution in [0.1, 0.15) is 24.8 Å². The highest BCUT2D eigenvalue weighted by atomic mass is 15.0. The van der Waals surface area contributed by atoms with E-state index in [4.69, 9.17) is 5.73 Å². The van der Waals surface area contributed by atoms with Crippen LogP contribution in [0, 0.1) is 18.8 Å². The van der Waals surface area contributed by atoms with Crippen molar-refractivity contribution < 1.29 is 0 Å². The van der Waals surface area contributed by atoms with Gasteiger partial charge in [0, 0.05) is 12.7 Å². The number of anilines is 1. The summed E-state index contributed by atoms with van der Waals surface area (Å²) in [5, 5.41) is 3.45. The molecule has 2 atom stereocenters. The molecule has 0 aliphatic heterocycles. The van der Waals surface area contributed by atoms with Crippen molar-refractivity contribution in [2.75, 3.05) is 18.4 Å². The first kappa shape index (κ1) is 11.4. The van der Waals surface area contributed by atoms with Crippen LogP contribution in [0.15, 0.2) is 18.3 Å². The van der Waals surface area contributed by atoms with Crippen LogP contribution in [0.5, 0.6) is 0 Å². The van der Waals surface area contributed by atoms with Crippen LogP contribution in [0.3, 0.4) is 0 Å². The van der Waals surface area contributed by atoms with Crippen molar-refractivity contribution in [3.63, 3.8) is 0 Å². The third-order valence-corrected chi connectivity index (χ3v) is 3.66. The van der Waals surface area contributed by atoms with Crippen LogP contribution in [0.25, 0.3) is 0 Å². The fourth-order valence-corrected chi connectivity index (χ4v) is 2.59. The Morgan fingerprint density at radius 3 is 3.00 bits per heavy atom. The second-order valence-corrected chi connectivity index (χ2v) is 4.74. The highest BCUT2D eigenvalue weighted by Crippen LogP contribution is 2.31. The molecule has 1 aromatic heterocycles. The summed E-state index contributed by atoms with van der Waals surface area (Å²) >= 11 is 0. The van der Waals surface area contributed by atoms with Crippen LogP contribution in [0.4, 0.5) is 5.82 Å². The molecule has 2 unspecified atom stereocenters. The first-order valence-electron chi connectivity index (χ1n) is 6.17. The molecule has 16 heavy (non-hydrogen) atoms. The van der Waals surface area contributed by atoms with Crippen LogP contribution in [-0.2, 0) is 0 Å².